The van der Waals surface area contributed by atoms with E-state index in [0.29, 0.717) is 15.7 Å². The summed E-state index contributed by atoms with van der Waals surface area (Å²) in [5.41, 5.74) is 1.33. The molecular weight excluding hydrogens is 246 g/mol. The highest BCUT2D eigenvalue weighted by atomic mass is 35.5. The quantitative estimate of drug-likeness (QED) is 0.823. The van der Waals surface area contributed by atoms with Crippen molar-refractivity contribution in [1.29, 1.82) is 0 Å². The first-order valence-electron chi connectivity index (χ1n) is 4.52. The summed E-state index contributed by atoms with van der Waals surface area (Å²) in [6.07, 6.45) is 0. The van der Waals surface area contributed by atoms with Crippen LogP contribution in [0.2, 0.25) is 5.02 Å². The number of nitrogens with zero attached hydrogens (tertiary/aromatic N) is 1. The first-order valence-corrected chi connectivity index (χ1v) is 5.72. The molecule has 0 bridgehead atoms. The van der Waals surface area contributed by atoms with Crippen molar-refractivity contribution >= 4 is 28.9 Å². The molecule has 0 spiro atoms. The molecule has 0 unspecified atom stereocenters. The van der Waals surface area contributed by atoms with Crippen LogP contribution in [0.5, 0.6) is 0 Å². The van der Waals surface area contributed by atoms with Crippen molar-refractivity contribution in [2.75, 3.05) is 0 Å². The molecule has 16 heavy (non-hydrogen) atoms. The van der Waals surface area contributed by atoms with Crippen LogP contribution in [-0.4, -0.2) is 11.0 Å². The molecular formula is C11H7ClNO2S-. The van der Waals surface area contributed by atoms with Crippen molar-refractivity contribution in [3.8, 4) is 10.6 Å². The second kappa shape index (κ2) is 4.23. The van der Waals surface area contributed by atoms with Gasteiger partial charge in [0.25, 0.3) is 0 Å². The topological polar surface area (TPSA) is 53.0 Å². The number of carbonyl (C=O) groups excluding carboxylic acids is 1. The van der Waals surface area contributed by atoms with E-state index in [2.05, 4.69) is 4.98 Å². The Bertz CT molecular complexity index is 533. The third-order valence-corrected chi connectivity index (χ3v) is 3.51. The maximum Gasteiger partial charge on any atom is 0.124 e. The van der Waals surface area contributed by atoms with Gasteiger partial charge in [0.05, 0.1) is 16.5 Å². The maximum absolute atomic E-state index is 10.8. The number of aromatic carboxylic acids is 1. The smallest absolute Gasteiger partial charge is 0.124 e. The highest BCUT2D eigenvalue weighted by molar-refractivity contribution is 7.17. The van der Waals surface area contributed by atoms with Gasteiger partial charge in [-0.1, -0.05) is 23.7 Å². The van der Waals surface area contributed by atoms with E-state index >= 15 is 0 Å². The number of halogens is 1. The molecule has 0 aliphatic heterocycles. The molecule has 0 radical (unpaired) electrons. The lowest BCUT2D eigenvalue weighted by molar-refractivity contribution is -0.254. The van der Waals surface area contributed by atoms with Crippen molar-refractivity contribution in [3.63, 3.8) is 0 Å². The minimum absolute atomic E-state index is 0.171. The molecule has 0 saturated carbocycles. The number of carbonyl (C=O) groups is 1. The summed E-state index contributed by atoms with van der Waals surface area (Å²) in [5.74, 6) is -1.18. The minimum Gasteiger partial charge on any atom is -0.544 e. The van der Waals surface area contributed by atoms with Crippen LogP contribution in [0.15, 0.2) is 24.3 Å². The van der Waals surface area contributed by atoms with E-state index in [4.69, 9.17) is 11.6 Å². The first kappa shape index (κ1) is 11.1. The van der Waals surface area contributed by atoms with Gasteiger partial charge in [-0.2, -0.15) is 0 Å². The Kier molecular flexibility index (Phi) is 2.94. The van der Waals surface area contributed by atoms with Crippen molar-refractivity contribution in [3.05, 3.63) is 39.9 Å². The molecule has 2 rings (SSSR count). The summed E-state index contributed by atoms with van der Waals surface area (Å²) in [6, 6.07) is 7.10. The summed E-state index contributed by atoms with van der Waals surface area (Å²) < 4.78 is 0. The molecule has 0 amide bonds. The zero-order valence-corrected chi connectivity index (χ0v) is 9.93. The fraction of sp³-hybridized carbons (Fsp3) is 0.0909. The highest BCUT2D eigenvalue weighted by Gasteiger charge is 2.09. The van der Waals surface area contributed by atoms with Crippen LogP contribution in [0, 0.1) is 6.92 Å². The largest absolute Gasteiger partial charge is 0.544 e. The number of thiazole rings is 1. The van der Waals surface area contributed by atoms with Crippen LogP contribution in [0.1, 0.15) is 15.4 Å². The van der Waals surface area contributed by atoms with Crippen molar-refractivity contribution in [1.82, 2.24) is 4.98 Å². The van der Waals surface area contributed by atoms with Crippen molar-refractivity contribution in [2.24, 2.45) is 0 Å². The van der Waals surface area contributed by atoms with Gasteiger partial charge in [-0.05, 0) is 19.1 Å². The third-order valence-electron chi connectivity index (χ3n) is 2.07. The van der Waals surface area contributed by atoms with Crippen LogP contribution in [0.25, 0.3) is 10.6 Å². The number of rotatable bonds is 2. The van der Waals surface area contributed by atoms with E-state index in [1.807, 2.05) is 0 Å². The lowest BCUT2D eigenvalue weighted by Crippen LogP contribution is -2.21. The lowest BCUT2D eigenvalue weighted by Gasteiger charge is -1.96. The van der Waals surface area contributed by atoms with Gasteiger partial charge in [-0.25, -0.2) is 4.98 Å². The number of carboxylic acid groups (broad SMARTS) is 1. The molecule has 2 aromatic rings. The number of aromatic nitrogens is 1. The summed E-state index contributed by atoms with van der Waals surface area (Å²) in [6.45, 7) is 1.65. The number of hydrogen-bond donors (Lipinski definition) is 0. The Morgan fingerprint density at radius 2 is 2.00 bits per heavy atom. The third kappa shape index (κ3) is 2.08. The molecule has 5 heteroatoms. The van der Waals surface area contributed by atoms with E-state index in [1.54, 1.807) is 31.2 Å². The summed E-state index contributed by atoms with van der Waals surface area (Å²) >= 11 is 6.88. The van der Waals surface area contributed by atoms with Gasteiger partial charge in [0.1, 0.15) is 5.01 Å². The van der Waals surface area contributed by atoms with Gasteiger partial charge in [0.15, 0.2) is 0 Å². The number of aryl methyl sites for hydroxylation is 1. The molecule has 0 saturated heterocycles. The molecule has 1 aromatic heterocycles. The summed E-state index contributed by atoms with van der Waals surface area (Å²) in [4.78, 5) is 15.1. The van der Waals surface area contributed by atoms with Gasteiger partial charge in [-0.15, -0.1) is 11.3 Å². The van der Waals surface area contributed by atoms with Gasteiger partial charge >= 0.3 is 0 Å². The van der Waals surface area contributed by atoms with E-state index in [-0.39, 0.29) is 4.88 Å². The summed E-state index contributed by atoms with van der Waals surface area (Å²) in [5, 5.41) is 12.1. The SMILES string of the molecule is Cc1nc(-c2ccc(Cl)cc2)sc1C(=O)[O-]. The first-order chi connectivity index (χ1) is 7.58. The average Bonchev–Trinajstić information content (AvgIpc) is 2.61. The second-order valence-corrected chi connectivity index (χ2v) is 4.66. The molecule has 0 atom stereocenters. The Balaban J connectivity index is 2.45. The Morgan fingerprint density at radius 1 is 1.38 bits per heavy atom. The van der Waals surface area contributed by atoms with Gasteiger partial charge < -0.3 is 9.90 Å². The van der Waals surface area contributed by atoms with Gasteiger partial charge in [0, 0.05) is 10.6 Å². The van der Waals surface area contributed by atoms with Crippen molar-refractivity contribution < 1.29 is 9.90 Å². The highest BCUT2D eigenvalue weighted by Crippen LogP contribution is 2.28. The number of carboxylic acids is 1. The van der Waals surface area contributed by atoms with Crippen LogP contribution in [-0.2, 0) is 0 Å². The second-order valence-electron chi connectivity index (χ2n) is 3.23. The Morgan fingerprint density at radius 3 is 2.50 bits per heavy atom. The predicted octanol–water partition coefficient (Wildman–Crippen LogP) is 2.14. The molecule has 3 nitrogen and oxygen atoms in total. The molecule has 82 valence electrons. The zero-order valence-electron chi connectivity index (χ0n) is 8.36. The zero-order chi connectivity index (χ0) is 11.7. The maximum atomic E-state index is 10.8. The van der Waals surface area contributed by atoms with E-state index in [1.165, 1.54) is 0 Å². The summed E-state index contributed by atoms with van der Waals surface area (Å²) in [7, 11) is 0. The van der Waals surface area contributed by atoms with Gasteiger partial charge in [-0.3, -0.25) is 0 Å². The normalized spacial score (nSPS) is 10.4. The lowest BCUT2D eigenvalue weighted by atomic mass is 10.2. The van der Waals surface area contributed by atoms with Crippen LogP contribution in [0.3, 0.4) is 0 Å². The van der Waals surface area contributed by atoms with E-state index in [0.717, 1.165) is 16.9 Å². The predicted molar refractivity (Wildman–Crippen MR) is 61.6 cm³/mol. The molecule has 0 N–H and O–H groups in total. The molecule has 1 heterocycles. The standard InChI is InChI=1S/C11H8ClNO2S/c1-6-9(11(14)15)16-10(13-6)7-2-4-8(12)5-3-7/h2-5H,1H3,(H,14,15)/p-1. The molecule has 1 aromatic carbocycles. The monoisotopic (exact) mass is 252 g/mol. The fourth-order valence-electron chi connectivity index (χ4n) is 1.30. The van der Waals surface area contributed by atoms with Crippen LogP contribution in [0.4, 0.5) is 0 Å². The molecule has 0 aliphatic carbocycles. The van der Waals surface area contributed by atoms with Crippen molar-refractivity contribution in [2.45, 2.75) is 6.92 Å². The van der Waals surface area contributed by atoms with E-state index < -0.39 is 5.97 Å². The average molecular weight is 253 g/mol. The van der Waals surface area contributed by atoms with E-state index in [9.17, 15) is 9.90 Å². The Labute approximate surface area is 101 Å². The molecule has 0 fully saturated rings. The van der Waals surface area contributed by atoms with Crippen LogP contribution < -0.4 is 5.11 Å². The number of hydrogen-bond acceptors (Lipinski definition) is 4. The number of benzene rings is 1. The minimum atomic E-state index is -1.18. The Hall–Kier alpha value is -1.39. The van der Waals surface area contributed by atoms with Crippen LogP contribution >= 0.6 is 22.9 Å². The fourth-order valence-corrected chi connectivity index (χ4v) is 2.33. The van der Waals surface area contributed by atoms with Gasteiger partial charge in [0.2, 0.25) is 0 Å². The molecule has 0 aliphatic rings.